The molecule has 0 spiro atoms. The van der Waals surface area contributed by atoms with E-state index in [1.807, 2.05) is 54.5 Å². The fourth-order valence-corrected chi connectivity index (χ4v) is 3.83. The van der Waals surface area contributed by atoms with Gasteiger partial charge in [-0.3, -0.25) is 9.59 Å². The van der Waals surface area contributed by atoms with Crippen molar-refractivity contribution in [2.24, 2.45) is 0 Å². The predicted octanol–water partition coefficient (Wildman–Crippen LogP) is 4.78. The number of Topliss-reactive ketones (excluding diaryl/α,β-unsaturated/α-hetero) is 1. The maximum Gasteiger partial charge on any atom is 0.495 e. The molecule has 1 aromatic rings. The fourth-order valence-electron chi connectivity index (χ4n) is 2.86. The third kappa shape index (κ3) is 6.39. The number of hydrogen-bond donors (Lipinski definition) is 0. The first kappa shape index (κ1) is 26.3. The van der Waals surface area contributed by atoms with Gasteiger partial charge in [-0.25, -0.2) is 0 Å². The van der Waals surface area contributed by atoms with Crippen molar-refractivity contribution in [3.63, 3.8) is 0 Å². The molecule has 1 aliphatic heterocycles. The van der Waals surface area contributed by atoms with Gasteiger partial charge in [-0.1, -0.05) is 13.8 Å². The molecule has 0 N–H and O–H groups in total. The van der Waals surface area contributed by atoms with Crippen molar-refractivity contribution in [1.29, 1.82) is 0 Å². The van der Waals surface area contributed by atoms with E-state index in [-0.39, 0.29) is 25.1 Å². The van der Waals surface area contributed by atoms with Crippen molar-refractivity contribution in [3.05, 3.63) is 23.3 Å². The molecule has 6 nitrogen and oxygen atoms in total. The van der Waals surface area contributed by atoms with E-state index in [1.165, 1.54) is 7.11 Å². The molecule has 0 bridgehead atoms. The number of hydrogen-bond acceptors (Lipinski definition) is 6. The zero-order valence-corrected chi connectivity index (χ0v) is 21.6. The summed E-state index contributed by atoms with van der Waals surface area (Å²) in [7, 11) is 0.622. The van der Waals surface area contributed by atoms with Crippen LogP contribution >= 0.6 is 28.5 Å². The minimum Gasteiger partial charge on any atom is -0.469 e. The highest BCUT2D eigenvalue weighted by Crippen LogP contribution is 2.37. The number of benzene rings is 1. The fraction of sp³-hybridized carbons (Fsp3) is 0.600. The Balaban J connectivity index is 0.00000204. The van der Waals surface area contributed by atoms with E-state index in [9.17, 15) is 9.59 Å². The lowest BCUT2D eigenvalue weighted by Crippen LogP contribution is -2.41. The van der Waals surface area contributed by atoms with E-state index >= 15 is 0 Å². The molecule has 9 heteroatoms. The van der Waals surface area contributed by atoms with Gasteiger partial charge in [0.25, 0.3) is 0 Å². The average molecular weight is 536 g/mol. The van der Waals surface area contributed by atoms with Crippen LogP contribution in [0, 0.1) is 6.92 Å². The normalized spacial score (nSPS) is 17.1. The number of rotatable bonds is 7. The van der Waals surface area contributed by atoms with Crippen molar-refractivity contribution < 1.29 is 28.2 Å². The Morgan fingerprint density at radius 3 is 2.14 bits per heavy atom. The Hall–Kier alpha value is -0.695. The monoisotopic (exact) mass is 536 g/mol. The van der Waals surface area contributed by atoms with Crippen molar-refractivity contribution in [3.8, 4) is 5.75 Å². The van der Waals surface area contributed by atoms with Crippen LogP contribution in [0.2, 0.25) is 0 Å². The van der Waals surface area contributed by atoms with E-state index < -0.39 is 24.3 Å². The second-order valence-electron chi connectivity index (χ2n) is 7.47. The maximum absolute atomic E-state index is 12.9. The molecule has 162 valence electrons. The first-order valence-electron chi connectivity index (χ1n) is 9.65. The van der Waals surface area contributed by atoms with Gasteiger partial charge >= 0.3 is 13.1 Å². The minimum absolute atomic E-state index is 0.0327. The molecule has 0 aliphatic carbocycles. The maximum atomic E-state index is 12.9. The van der Waals surface area contributed by atoms with Gasteiger partial charge in [-0.05, 0) is 79.8 Å². The van der Waals surface area contributed by atoms with Gasteiger partial charge in [0.1, 0.15) is 12.2 Å². The average Bonchev–Trinajstić information content (AvgIpc) is 2.88. The van der Waals surface area contributed by atoms with Crippen molar-refractivity contribution >= 4 is 52.8 Å². The Labute approximate surface area is 189 Å². The molecule has 1 aliphatic rings. The second kappa shape index (κ2) is 11.1. The second-order valence-corrected chi connectivity index (χ2v) is 9.15. The predicted molar refractivity (Wildman–Crippen MR) is 127 cm³/mol. The van der Waals surface area contributed by atoms with Crippen LogP contribution in [0.1, 0.15) is 70.3 Å². The van der Waals surface area contributed by atoms with Gasteiger partial charge in [-0.15, -0.1) is 0 Å². The third-order valence-electron chi connectivity index (χ3n) is 5.07. The van der Waals surface area contributed by atoms with Crippen LogP contribution in [0.5, 0.6) is 5.75 Å². The molecule has 0 saturated carbocycles. The summed E-state index contributed by atoms with van der Waals surface area (Å²) in [5.41, 5.74) is 0.857. The van der Waals surface area contributed by atoms with Gasteiger partial charge < -0.3 is 18.6 Å². The zero-order chi connectivity index (χ0) is 22.4. The Bertz CT molecular complexity index is 722. The van der Waals surface area contributed by atoms with Gasteiger partial charge in [0, 0.05) is 12.0 Å². The quantitative estimate of drug-likeness (QED) is 0.164. The highest BCUT2D eigenvalue weighted by Gasteiger charge is 2.52. The largest absolute Gasteiger partial charge is 0.495 e. The van der Waals surface area contributed by atoms with Crippen LogP contribution in [-0.4, -0.2) is 37.2 Å². The standard InChI is InChI=1S/C18H25BIO6P.C2H6/c1-11-9-12(24-27-20)10-13(16(11)14(21)7-8-15(22)23-6)19-25-17(2,3)18(4,5)26-19;1-2/h9-10,27H,7-8H2,1-6H3;1-2H3. The number of carbonyl (C=O) groups is 2. The van der Waals surface area contributed by atoms with Crippen molar-refractivity contribution in [1.82, 2.24) is 0 Å². The number of aryl methyl sites for hydroxylation is 1. The molecule has 1 atom stereocenters. The van der Waals surface area contributed by atoms with Gasteiger partial charge in [0.15, 0.2) is 5.78 Å². The summed E-state index contributed by atoms with van der Waals surface area (Å²) in [4.78, 5) is 24.3. The number of carbonyl (C=O) groups excluding carboxylic acids is 2. The summed E-state index contributed by atoms with van der Waals surface area (Å²) < 4.78 is 22.6. The Kier molecular flexibility index (Phi) is 10.1. The van der Waals surface area contributed by atoms with Gasteiger partial charge in [-0.2, -0.15) is 0 Å². The molecular formula is C20H31BIO6P. The van der Waals surface area contributed by atoms with E-state index in [0.29, 0.717) is 16.8 Å². The van der Waals surface area contributed by atoms with Crippen LogP contribution in [0.3, 0.4) is 0 Å². The topological polar surface area (TPSA) is 71.1 Å². The summed E-state index contributed by atoms with van der Waals surface area (Å²) in [5, 5.41) is 0. The minimum atomic E-state index is -0.688. The van der Waals surface area contributed by atoms with Crippen LogP contribution in [-0.2, 0) is 18.8 Å². The molecule has 0 radical (unpaired) electrons. The smallest absolute Gasteiger partial charge is 0.469 e. The van der Waals surface area contributed by atoms with Gasteiger partial charge in [0.05, 0.1) is 24.7 Å². The summed E-state index contributed by atoms with van der Waals surface area (Å²) >= 11 is 2.15. The molecule has 1 aromatic carbocycles. The highest BCUT2D eigenvalue weighted by atomic mass is 127. The van der Waals surface area contributed by atoms with Crippen molar-refractivity contribution in [2.45, 2.75) is 72.5 Å². The number of halogens is 1. The van der Waals surface area contributed by atoms with E-state index in [1.54, 1.807) is 6.07 Å². The van der Waals surface area contributed by atoms with Crippen LogP contribution in [0.25, 0.3) is 0 Å². The number of ketones is 1. The van der Waals surface area contributed by atoms with Gasteiger partial charge in [0.2, 0.25) is 0 Å². The molecule has 1 unspecified atom stereocenters. The van der Waals surface area contributed by atoms with Crippen molar-refractivity contribution in [2.75, 3.05) is 7.11 Å². The number of ether oxygens (including phenoxy) is 1. The van der Waals surface area contributed by atoms with E-state index in [2.05, 4.69) is 26.8 Å². The Morgan fingerprint density at radius 1 is 1.10 bits per heavy atom. The van der Waals surface area contributed by atoms with E-state index in [4.69, 9.17) is 13.8 Å². The third-order valence-corrected chi connectivity index (χ3v) is 6.04. The Morgan fingerprint density at radius 2 is 1.66 bits per heavy atom. The summed E-state index contributed by atoms with van der Waals surface area (Å²) in [5.74, 6) is 0.102. The molecule has 2 rings (SSSR count). The summed E-state index contributed by atoms with van der Waals surface area (Å²) in [6.45, 7) is 14.0. The molecule has 29 heavy (non-hydrogen) atoms. The zero-order valence-electron chi connectivity index (χ0n) is 18.5. The molecule has 0 aromatic heterocycles. The first-order chi connectivity index (χ1) is 13.5. The number of methoxy groups -OCH3 is 1. The SMILES string of the molecule is CC.COC(=O)CCC(=O)c1c(C)cc(OPI)cc1B1OC(C)(C)C(C)(C)O1. The number of esters is 1. The molecule has 1 fully saturated rings. The van der Waals surface area contributed by atoms with E-state index in [0.717, 1.165) is 5.56 Å². The van der Waals surface area contributed by atoms with Crippen LogP contribution in [0.15, 0.2) is 12.1 Å². The molecular weight excluding hydrogens is 505 g/mol. The molecule has 1 saturated heterocycles. The lowest BCUT2D eigenvalue weighted by molar-refractivity contribution is -0.140. The van der Waals surface area contributed by atoms with Crippen LogP contribution in [0.4, 0.5) is 0 Å². The lowest BCUT2D eigenvalue weighted by atomic mass is 9.73. The highest BCUT2D eigenvalue weighted by molar-refractivity contribution is 14.2. The lowest BCUT2D eigenvalue weighted by Gasteiger charge is -2.32. The first-order valence-corrected chi connectivity index (χ1v) is 13.7. The summed E-state index contributed by atoms with van der Waals surface area (Å²) in [6, 6.07) is 3.62. The molecule has 1 heterocycles. The summed E-state index contributed by atoms with van der Waals surface area (Å²) in [6.07, 6.45) is 0.0965. The van der Waals surface area contributed by atoms with Crippen LogP contribution < -0.4 is 9.99 Å². The molecule has 0 amide bonds.